The van der Waals surface area contributed by atoms with Crippen molar-refractivity contribution in [2.24, 2.45) is 0 Å². The average Bonchev–Trinajstić information content (AvgIpc) is 3.11. The summed E-state index contributed by atoms with van der Waals surface area (Å²) in [5, 5.41) is 21.7. The van der Waals surface area contributed by atoms with Gasteiger partial charge in [0.25, 0.3) is 0 Å². The van der Waals surface area contributed by atoms with Crippen LogP contribution in [0.15, 0.2) is 60.8 Å². The predicted molar refractivity (Wildman–Crippen MR) is 208 cm³/mol. The summed E-state index contributed by atoms with van der Waals surface area (Å²) >= 11 is 0. The lowest BCUT2D eigenvalue weighted by molar-refractivity contribution is -0.147. The lowest BCUT2D eigenvalue weighted by Crippen LogP contribution is -2.43. The number of carbonyl (C=O) groups excluding carboxylic acids is 2. The van der Waals surface area contributed by atoms with Crippen LogP contribution in [0.5, 0.6) is 0 Å². The van der Waals surface area contributed by atoms with E-state index in [0.717, 1.165) is 70.6 Å². The van der Waals surface area contributed by atoms with E-state index < -0.39 is 57.6 Å². The number of aliphatic hydroxyl groups excluding tert-OH is 1. The summed E-state index contributed by atoms with van der Waals surface area (Å²) < 4.78 is 26.7. The number of amides is 1. The minimum atomic E-state index is -4.76. The highest BCUT2D eigenvalue weighted by Gasteiger charge is 2.28. The molecule has 0 fully saturated rings. The average molecular weight is 754 g/mol. The number of allylic oxidation sites excluding steroid dienone is 10. The normalized spacial score (nSPS) is 14.5. The molecule has 0 heterocycles. The van der Waals surface area contributed by atoms with Gasteiger partial charge in [-0.2, -0.15) is 0 Å². The van der Waals surface area contributed by atoms with E-state index in [1.807, 2.05) is 0 Å². The van der Waals surface area contributed by atoms with E-state index in [9.17, 15) is 34.1 Å². The topological polar surface area (TPSA) is 169 Å². The summed E-state index contributed by atoms with van der Waals surface area (Å²) in [7, 11) is -4.76. The van der Waals surface area contributed by atoms with Crippen molar-refractivity contribution in [1.29, 1.82) is 0 Å². The largest absolute Gasteiger partial charge is 0.480 e. The molecule has 0 saturated heterocycles. The molecule has 52 heavy (non-hydrogen) atoms. The van der Waals surface area contributed by atoms with Gasteiger partial charge in [0.15, 0.2) is 6.04 Å². The molecule has 0 aliphatic heterocycles. The Bertz CT molecular complexity index is 1120. The highest BCUT2D eigenvalue weighted by Crippen LogP contribution is 2.43. The Hall–Kier alpha value is -2.82. The maximum atomic E-state index is 12.2. The Balaban J connectivity index is 3.99. The van der Waals surface area contributed by atoms with Gasteiger partial charge in [-0.1, -0.05) is 132 Å². The molecular weight excluding hydrogens is 685 g/mol. The molecule has 0 radical (unpaired) electrons. The number of rotatable bonds is 35. The van der Waals surface area contributed by atoms with E-state index in [-0.39, 0.29) is 12.8 Å². The molecule has 0 aromatic carbocycles. The molecule has 4 N–H and O–H groups in total. The van der Waals surface area contributed by atoms with Gasteiger partial charge in [-0.15, -0.1) is 0 Å². The fraction of sp³-hybridized carbons (Fsp3) is 0.675. The van der Waals surface area contributed by atoms with Crippen LogP contribution in [0, 0.1) is 0 Å². The highest BCUT2D eigenvalue weighted by molar-refractivity contribution is 7.47. The maximum Gasteiger partial charge on any atom is 0.472 e. The summed E-state index contributed by atoms with van der Waals surface area (Å²) in [6.07, 6.45) is 38.4. The Labute approximate surface area is 313 Å². The molecule has 1 amide bonds. The molecule has 0 aliphatic carbocycles. The monoisotopic (exact) mass is 753 g/mol. The number of ether oxygens (including phenoxy) is 1. The second kappa shape index (κ2) is 35.2. The van der Waals surface area contributed by atoms with Crippen molar-refractivity contribution >= 4 is 25.7 Å². The van der Waals surface area contributed by atoms with Gasteiger partial charge in [0.05, 0.1) is 13.2 Å². The second-order valence-corrected chi connectivity index (χ2v) is 14.2. The maximum absolute atomic E-state index is 12.2. The molecule has 11 nitrogen and oxygen atoms in total. The van der Waals surface area contributed by atoms with Crippen LogP contribution >= 0.6 is 7.82 Å². The van der Waals surface area contributed by atoms with Gasteiger partial charge >= 0.3 is 19.8 Å². The number of aliphatic carboxylic acids is 1. The number of aliphatic hydroxyl groups is 1. The fourth-order valence-corrected chi connectivity index (χ4v) is 5.58. The number of carboxylic acid groups (broad SMARTS) is 1. The first-order valence-electron chi connectivity index (χ1n) is 19.3. The Morgan fingerprint density at radius 3 is 1.67 bits per heavy atom. The molecule has 0 bridgehead atoms. The standard InChI is InChI=1S/C40H68NO10P/c1-3-5-7-9-11-13-14-15-16-17-18-19-20-21-22-24-26-28-30-32-39(44)49-33-36(42)34-50-52(47,48)51-35-37(40(45)46)41-38(43)31-29-27-25-23-12-10-8-6-4-2/h5,7,11,13,15-16,18-19,21-22,36-37,42H,3-4,6,8-10,12,14,17,20,23-35H2,1-2H3,(H,41,43)(H,45,46)(H,47,48)/b7-5-,13-11-,16-15-,19-18-,22-21-. The lowest BCUT2D eigenvalue weighted by Gasteiger charge is -2.18. The van der Waals surface area contributed by atoms with Crippen LogP contribution in [0.3, 0.4) is 0 Å². The summed E-state index contributed by atoms with van der Waals surface area (Å²) in [5.74, 6) is -2.42. The van der Waals surface area contributed by atoms with Crippen molar-refractivity contribution in [2.45, 2.75) is 154 Å². The van der Waals surface area contributed by atoms with Gasteiger partial charge < -0.3 is 25.2 Å². The minimum Gasteiger partial charge on any atom is -0.480 e. The molecule has 0 aliphatic rings. The van der Waals surface area contributed by atoms with E-state index in [1.165, 1.54) is 32.1 Å². The quantitative estimate of drug-likeness (QED) is 0.0212. The molecular formula is C40H68NO10P. The number of phosphoric ester groups is 1. The molecule has 0 rings (SSSR count). The molecule has 0 spiro atoms. The van der Waals surface area contributed by atoms with E-state index in [1.54, 1.807) is 0 Å². The number of carboxylic acids is 1. The van der Waals surface area contributed by atoms with Gasteiger partial charge in [-0.25, -0.2) is 9.36 Å². The van der Waals surface area contributed by atoms with E-state index in [0.29, 0.717) is 12.8 Å². The third kappa shape index (κ3) is 34.3. The van der Waals surface area contributed by atoms with E-state index in [2.05, 4.69) is 79.9 Å². The zero-order valence-electron chi connectivity index (χ0n) is 31.8. The van der Waals surface area contributed by atoms with Gasteiger partial charge in [0.2, 0.25) is 5.91 Å². The zero-order valence-corrected chi connectivity index (χ0v) is 32.7. The predicted octanol–water partition coefficient (Wildman–Crippen LogP) is 9.22. The van der Waals surface area contributed by atoms with Crippen LogP contribution in [0.1, 0.15) is 142 Å². The Morgan fingerprint density at radius 2 is 1.12 bits per heavy atom. The minimum absolute atomic E-state index is 0.142. The Morgan fingerprint density at radius 1 is 0.635 bits per heavy atom. The first kappa shape index (κ1) is 49.2. The molecule has 0 aromatic heterocycles. The second-order valence-electron chi connectivity index (χ2n) is 12.7. The van der Waals surface area contributed by atoms with Crippen LogP contribution in [-0.4, -0.2) is 64.9 Å². The van der Waals surface area contributed by atoms with Crippen molar-refractivity contribution in [1.82, 2.24) is 5.32 Å². The van der Waals surface area contributed by atoms with Crippen molar-refractivity contribution in [3.8, 4) is 0 Å². The van der Waals surface area contributed by atoms with Crippen LogP contribution < -0.4 is 5.32 Å². The number of hydrogen-bond donors (Lipinski definition) is 4. The molecule has 0 aromatic rings. The summed E-state index contributed by atoms with van der Waals surface area (Å²) in [6.45, 7) is 2.38. The molecule has 3 unspecified atom stereocenters. The lowest BCUT2D eigenvalue weighted by atomic mass is 10.1. The number of unbranched alkanes of at least 4 members (excludes halogenated alkanes) is 11. The highest BCUT2D eigenvalue weighted by atomic mass is 31.2. The fourth-order valence-electron chi connectivity index (χ4n) is 4.81. The molecule has 0 saturated carbocycles. The van der Waals surface area contributed by atoms with Crippen molar-refractivity contribution in [3.63, 3.8) is 0 Å². The van der Waals surface area contributed by atoms with Gasteiger partial charge in [-0.3, -0.25) is 18.6 Å². The first-order chi connectivity index (χ1) is 25.1. The number of esters is 1. The van der Waals surface area contributed by atoms with Gasteiger partial charge in [0.1, 0.15) is 12.7 Å². The van der Waals surface area contributed by atoms with Gasteiger partial charge in [0, 0.05) is 12.8 Å². The van der Waals surface area contributed by atoms with Crippen molar-refractivity contribution in [3.05, 3.63) is 60.8 Å². The van der Waals surface area contributed by atoms with Crippen LogP contribution in [0.4, 0.5) is 0 Å². The third-order valence-corrected chi connectivity index (χ3v) is 8.77. The van der Waals surface area contributed by atoms with E-state index >= 15 is 0 Å². The smallest absolute Gasteiger partial charge is 0.472 e. The number of hydrogen-bond acceptors (Lipinski definition) is 8. The number of nitrogens with one attached hydrogen (secondary N) is 1. The Kier molecular flexibility index (Phi) is 33.3. The number of phosphoric acid groups is 1. The number of carbonyl (C=O) groups is 3. The summed E-state index contributed by atoms with van der Waals surface area (Å²) in [5.41, 5.74) is 0. The molecule has 3 atom stereocenters. The van der Waals surface area contributed by atoms with Crippen LogP contribution in [0.2, 0.25) is 0 Å². The van der Waals surface area contributed by atoms with Gasteiger partial charge in [-0.05, 0) is 57.8 Å². The molecule has 12 heteroatoms. The SMILES string of the molecule is CC/C=C\C/C=C\C/C=C\C/C=C\C/C=C\CCCCCC(=O)OCC(O)COP(=O)(O)OCC(NC(=O)CCCCCCCCCCC)C(=O)O. The van der Waals surface area contributed by atoms with Crippen LogP contribution in [-0.2, 0) is 32.7 Å². The van der Waals surface area contributed by atoms with Crippen LogP contribution in [0.25, 0.3) is 0 Å². The van der Waals surface area contributed by atoms with Crippen molar-refractivity contribution in [2.75, 3.05) is 19.8 Å². The molecule has 298 valence electrons. The first-order valence-corrected chi connectivity index (χ1v) is 20.8. The summed E-state index contributed by atoms with van der Waals surface area (Å²) in [6, 6.07) is -1.55. The van der Waals surface area contributed by atoms with Crippen molar-refractivity contribution < 1.29 is 47.8 Å². The third-order valence-electron chi connectivity index (χ3n) is 7.82. The zero-order chi connectivity index (χ0) is 38.5. The summed E-state index contributed by atoms with van der Waals surface area (Å²) in [4.78, 5) is 45.6. The van der Waals surface area contributed by atoms with E-state index in [4.69, 9.17) is 13.8 Å².